The van der Waals surface area contributed by atoms with Crippen LogP contribution in [0.15, 0.2) is 170 Å². The van der Waals surface area contributed by atoms with Gasteiger partial charge in [0, 0.05) is 45.2 Å². The van der Waals surface area contributed by atoms with E-state index in [1.807, 2.05) is 133 Å². The minimum Gasteiger partial charge on any atom is -0.506 e. The molecule has 60 heavy (non-hydrogen) atoms. The van der Waals surface area contributed by atoms with Crippen molar-refractivity contribution in [1.82, 2.24) is 0 Å². The first-order chi connectivity index (χ1) is 29.4. The van der Waals surface area contributed by atoms with E-state index in [0.29, 0.717) is 56.0 Å². The maximum Gasteiger partial charge on any atom is 0.159 e. The largest absolute Gasteiger partial charge is 0.506 e. The Morgan fingerprint density at radius 3 is 0.983 bits per heavy atom. The summed E-state index contributed by atoms with van der Waals surface area (Å²) in [5.41, 5.74) is 17.5. The van der Waals surface area contributed by atoms with Crippen molar-refractivity contribution in [3.63, 3.8) is 0 Å². The molecule has 6 nitrogen and oxygen atoms in total. The molecule has 0 heterocycles. The van der Waals surface area contributed by atoms with E-state index >= 15 is 0 Å². The van der Waals surface area contributed by atoms with Gasteiger partial charge in [0.15, 0.2) is 11.5 Å². The van der Waals surface area contributed by atoms with Crippen molar-refractivity contribution in [3.8, 4) is 81.9 Å². The molecule has 0 atom stereocenters. The molecular formula is C54H34N2O4. The van der Waals surface area contributed by atoms with Crippen molar-refractivity contribution in [2.24, 2.45) is 0 Å². The molecule has 8 aromatic rings. The number of nitrogens with two attached hydrogens (primary N) is 2. The van der Waals surface area contributed by atoms with Crippen LogP contribution in [0.5, 0.6) is 34.5 Å². The lowest BCUT2D eigenvalue weighted by Crippen LogP contribution is -2.00. The van der Waals surface area contributed by atoms with Crippen molar-refractivity contribution in [3.05, 3.63) is 214 Å². The van der Waals surface area contributed by atoms with Crippen LogP contribution in [0.3, 0.4) is 0 Å². The number of rotatable bonds is 4. The third-order valence-electron chi connectivity index (χ3n) is 9.24. The fourth-order valence-corrected chi connectivity index (χ4v) is 6.19. The Hall–Kier alpha value is -8.94. The number of phenolic OH excluding ortho intramolecular Hbond substituents is 2. The normalized spacial score (nSPS) is 10.1. The molecule has 6 heteroatoms. The van der Waals surface area contributed by atoms with Crippen molar-refractivity contribution in [1.29, 1.82) is 0 Å². The van der Waals surface area contributed by atoms with Crippen LogP contribution < -0.4 is 20.9 Å². The zero-order valence-electron chi connectivity index (χ0n) is 32.0. The van der Waals surface area contributed by atoms with Gasteiger partial charge in [0.2, 0.25) is 0 Å². The summed E-state index contributed by atoms with van der Waals surface area (Å²) < 4.78 is 13.4. The maximum absolute atomic E-state index is 10.6. The number of phenols is 2. The number of hydrogen-bond donors (Lipinski definition) is 4. The zero-order valence-corrected chi connectivity index (χ0v) is 32.0. The highest BCUT2D eigenvalue weighted by Gasteiger charge is 2.22. The smallest absolute Gasteiger partial charge is 0.159 e. The van der Waals surface area contributed by atoms with E-state index in [1.54, 1.807) is 24.3 Å². The van der Waals surface area contributed by atoms with Gasteiger partial charge in [-0.1, -0.05) is 120 Å². The Bertz CT molecular complexity index is 2920. The van der Waals surface area contributed by atoms with E-state index in [1.165, 1.54) is 12.1 Å². The molecular weight excluding hydrogens is 741 g/mol. The standard InChI is InChI=1S/C54H34N2O4/c55-49-31-27-43(35-51(49)57)59-53-41(25-21-37-13-5-1-6-14-37)33-47-46(30-24-40-19-11-4-12-20-40)54(60-44-28-32-50(56)52(58)36-44)42(26-22-38-15-7-2-8-16-38)34-48(47)45(53)29-23-39-17-9-3-10-18-39/h1-20,27-28,31-36,57-58H,55-56H2. The summed E-state index contributed by atoms with van der Waals surface area (Å²) >= 11 is 0. The van der Waals surface area contributed by atoms with E-state index in [-0.39, 0.29) is 22.9 Å². The Morgan fingerprint density at radius 1 is 0.350 bits per heavy atom. The second-order valence-corrected chi connectivity index (χ2v) is 13.5. The minimum absolute atomic E-state index is 0.130. The highest BCUT2D eigenvalue weighted by molar-refractivity contribution is 6.00. The second-order valence-electron chi connectivity index (χ2n) is 13.5. The molecule has 0 aliphatic heterocycles. The van der Waals surface area contributed by atoms with Crippen LogP contribution in [0.25, 0.3) is 10.8 Å². The number of benzene rings is 8. The summed E-state index contributed by atoms with van der Waals surface area (Å²) in [5, 5.41) is 22.6. The van der Waals surface area contributed by atoms with Gasteiger partial charge < -0.3 is 31.2 Å². The fourth-order valence-electron chi connectivity index (χ4n) is 6.19. The van der Waals surface area contributed by atoms with Crippen molar-refractivity contribution in [2.75, 3.05) is 11.5 Å². The lowest BCUT2D eigenvalue weighted by molar-refractivity contribution is 0.454. The number of ether oxygens (including phenoxy) is 2. The molecule has 0 bridgehead atoms. The summed E-state index contributed by atoms with van der Waals surface area (Å²) in [6, 6.07) is 51.7. The van der Waals surface area contributed by atoms with Gasteiger partial charge in [0.05, 0.1) is 33.6 Å². The van der Waals surface area contributed by atoms with Crippen LogP contribution in [0.1, 0.15) is 44.5 Å². The molecule has 8 rings (SSSR count). The Morgan fingerprint density at radius 2 is 0.667 bits per heavy atom. The molecule has 284 valence electrons. The molecule has 0 amide bonds. The first-order valence-electron chi connectivity index (χ1n) is 18.9. The van der Waals surface area contributed by atoms with Crippen LogP contribution in [0, 0.1) is 47.4 Å². The SMILES string of the molecule is Nc1ccc(Oc2c(C#Cc3ccccc3)cc3c(C#Cc4ccccc4)c(Oc4ccc(N)c(O)c4)c(C#Cc4ccccc4)cc3c2C#Cc2ccccc2)cc1O. The number of anilines is 2. The topological polar surface area (TPSA) is 111 Å². The summed E-state index contributed by atoms with van der Waals surface area (Å²) in [5.74, 6) is 27.9. The third-order valence-corrected chi connectivity index (χ3v) is 9.24. The predicted octanol–water partition coefficient (Wildman–Crippen LogP) is 10.6. The van der Waals surface area contributed by atoms with Crippen LogP contribution in [0.2, 0.25) is 0 Å². The number of aromatic hydroxyl groups is 2. The first-order valence-corrected chi connectivity index (χ1v) is 18.9. The monoisotopic (exact) mass is 774 g/mol. The summed E-state index contributed by atoms with van der Waals surface area (Å²) in [4.78, 5) is 0. The predicted molar refractivity (Wildman–Crippen MR) is 239 cm³/mol. The van der Waals surface area contributed by atoms with Gasteiger partial charge in [-0.05, 0) is 84.9 Å². The summed E-state index contributed by atoms with van der Waals surface area (Å²) in [6.45, 7) is 0. The van der Waals surface area contributed by atoms with Crippen LogP contribution >= 0.6 is 0 Å². The second kappa shape index (κ2) is 17.5. The zero-order chi connectivity index (χ0) is 41.3. The van der Waals surface area contributed by atoms with Crippen molar-refractivity contribution in [2.45, 2.75) is 0 Å². The van der Waals surface area contributed by atoms with Crippen molar-refractivity contribution < 1.29 is 19.7 Å². The van der Waals surface area contributed by atoms with Crippen LogP contribution in [-0.4, -0.2) is 10.2 Å². The highest BCUT2D eigenvalue weighted by atomic mass is 16.5. The molecule has 0 aromatic heterocycles. The van der Waals surface area contributed by atoms with Crippen molar-refractivity contribution >= 4 is 22.1 Å². The molecule has 8 aromatic carbocycles. The summed E-state index contributed by atoms with van der Waals surface area (Å²) in [6.07, 6.45) is 0. The Balaban J connectivity index is 1.51. The van der Waals surface area contributed by atoms with Gasteiger partial charge in [-0.15, -0.1) is 0 Å². The summed E-state index contributed by atoms with van der Waals surface area (Å²) in [7, 11) is 0. The lowest BCUT2D eigenvalue weighted by atomic mass is 9.92. The molecule has 0 aliphatic rings. The number of nitrogen functional groups attached to an aromatic ring is 2. The van der Waals surface area contributed by atoms with Gasteiger partial charge in [0.1, 0.15) is 23.0 Å². The molecule has 0 spiro atoms. The number of hydrogen-bond acceptors (Lipinski definition) is 6. The van der Waals surface area contributed by atoms with Gasteiger partial charge in [-0.2, -0.15) is 0 Å². The van der Waals surface area contributed by atoms with E-state index in [4.69, 9.17) is 20.9 Å². The molecule has 6 N–H and O–H groups in total. The van der Waals surface area contributed by atoms with Gasteiger partial charge in [-0.25, -0.2) is 0 Å². The van der Waals surface area contributed by atoms with Crippen LogP contribution in [0.4, 0.5) is 11.4 Å². The molecule has 0 radical (unpaired) electrons. The van der Waals surface area contributed by atoms with Crippen LogP contribution in [-0.2, 0) is 0 Å². The Kier molecular flexibility index (Phi) is 11.0. The molecule has 0 fully saturated rings. The molecule has 0 aliphatic carbocycles. The number of fused-ring (bicyclic) bond motifs is 1. The van der Waals surface area contributed by atoms with Gasteiger partial charge >= 0.3 is 0 Å². The molecule has 0 unspecified atom stereocenters. The van der Waals surface area contributed by atoms with Gasteiger partial charge in [-0.3, -0.25) is 0 Å². The maximum atomic E-state index is 10.6. The van der Waals surface area contributed by atoms with E-state index in [9.17, 15) is 10.2 Å². The van der Waals surface area contributed by atoms with E-state index in [0.717, 1.165) is 22.3 Å². The Labute approximate surface area is 348 Å². The van der Waals surface area contributed by atoms with E-state index in [2.05, 4.69) is 47.4 Å². The third kappa shape index (κ3) is 8.86. The average molecular weight is 775 g/mol. The van der Waals surface area contributed by atoms with Gasteiger partial charge in [0.25, 0.3) is 0 Å². The minimum atomic E-state index is -0.130. The quantitative estimate of drug-likeness (QED) is 0.0805. The lowest BCUT2D eigenvalue weighted by Gasteiger charge is -2.18. The first kappa shape index (κ1) is 38.0. The molecule has 0 saturated heterocycles. The molecule has 0 saturated carbocycles. The van der Waals surface area contributed by atoms with E-state index < -0.39 is 0 Å². The average Bonchev–Trinajstić information content (AvgIpc) is 3.28. The fraction of sp³-hybridized carbons (Fsp3) is 0. The highest BCUT2D eigenvalue weighted by Crippen LogP contribution is 2.43.